The van der Waals surface area contributed by atoms with Crippen LogP contribution >= 0.6 is 0 Å². The summed E-state index contributed by atoms with van der Waals surface area (Å²) in [5.74, 6) is 0.330. The summed E-state index contributed by atoms with van der Waals surface area (Å²) < 4.78 is 11.6. The number of carbonyl (C=O) groups excluding carboxylic acids is 1. The average Bonchev–Trinajstić information content (AvgIpc) is 3.02. The highest BCUT2D eigenvalue weighted by Gasteiger charge is 2.18. The molecule has 1 N–H and O–H groups in total. The Bertz CT molecular complexity index is 745. The van der Waals surface area contributed by atoms with Crippen LogP contribution in [0.15, 0.2) is 24.5 Å². The van der Waals surface area contributed by atoms with Crippen LogP contribution in [-0.4, -0.2) is 39.8 Å². The summed E-state index contributed by atoms with van der Waals surface area (Å²) in [7, 11) is 3.08. The fourth-order valence-electron chi connectivity index (χ4n) is 2.13. The molecular formula is C14H17N5O5. The number of carbonyl (C=O) groups is 1. The Morgan fingerprint density at radius 3 is 2.75 bits per heavy atom. The topological polar surface area (TPSA) is 121 Å². The molecule has 0 aliphatic rings. The number of hydrogen-bond donors (Lipinski definition) is 1. The number of nitro groups is 1. The van der Waals surface area contributed by atoms with Gasteiger partial charge in [0.2, 0.25) is 12.2 Å². The molecule has 1 aromatic carbocycles. The molecule has 0 unspecified atom stereocenters. The van der Waals surface area contributed by atoms with Gasteiger partial charge in [0.1, 0.15) is 18.0 Å². The lowest BCUT2D eigenvalue weighted by Gasteiger charge is -2.18. The second kappa shape index (κ2) is 7.40. The van der Waals surface area contributed by atoms with Gasteiger partial charge in [0.25, 0.3) is 0 Å². The molecule has 24 heavy (non-hydrogen) atoms. The minimum absolute atomic E-state index is 0.183. The molecule has 10 heteroatoms. The number of nitrogens with one attached hydrogen (secondary N) is 1. The van der Waals surface area contributed by atoms with Crippen LogP contribution in [0, 0.1) is 10.1 Å². The van der Waals surface area contributed by atoms with Crippen molar-refractivity contribution in [3.63, 3.8) is 0 Å². The van der Waals surface area contributed by atoms with Crippen molar-refractivity contribution >= 4 is 11.9 Å². The van der Waals surface area contributed by atoms with Gasteiger partial charge in [0.05, 0.1) is 20.3 Å². The zero-order valence-electron chi connectivity index (χ0n) is 13.4. The molecule has 1 aromatic heterocycles. The first kappa shape index (κ1) is 17.2. The van der Waals surface area contributed by atoms with Crippen molar-refractivity contribution < 1.29 is 19.2 Å². The number of nitrogens with zero attached hydrogens (tertiary/aromatic N) is 4. The maximum Gasteiger partial charge on any atom is 0.490 e. The Kier molecular flexibility index (Phi) is 5.30. The van der Waals surface area contributed by atoms with E-state index in [1.807, 2.05) is 0 Å². The number of amides is 1. The number of methoxy groups -OCH3 is 2. The van der Waals surface area contributed by atoms with Crippen LogP contribution in [0.2, 0.25) is 0 Å². The van der Waals surface area contributed by atoms with Gasteiger partial charge in [0, 0.05) is 10.7 Å². The Labute approximate surface area is 137 Å². The van der Waals surface area contributed by atoms with Crippen molar-refractivity contribution in [1.82, 2.24) is 20.1 Å². The Morgan fingerprint density at radius 1 is 1.42 bits per heavy atom. The highest BCUT2D eigenvalue weighted by atomic mass is 16.6. The lowest BCUT2D eigenvalue weighted by molar-refractivity contribution is -0.394. The van der Waals surface area contributed by atoms with Crippen LogP contribution < -0.4 is 14.8 Å². The molecule has 10 nitrogen and oxygen atoms in total. The third kappa shape index (κ3) is 3.97. The first-order valence-corrected chi connectivity index (χ1v) is 6.99. The number of hydrogen-bond acceptors (Lipinski definition) is 7. The zero-order valence-corrected chi connectivity index (χ0v) is 13.4. The van der Waals surface area contributed by atoms with Gasteiger partial charge in [-0.05, 0) is 30.0 Å². The van der Waals surface area contributed by atoms with Crippen molar-refractivity contribution in [1.29, 1.82) is 0 Å². The molecule has 0 spiro atoms. The summed E-state index contributed by atoms with van der Waals surface area (Å²) in [4.78, 5) is 25.4. The zero-order chi connectivity index (χ0) is 17.7. The lowest BCUT2D eigenvalue weighted by atomic mass is 10.1. The van der Waals surface area contributed by atoms with E-state index in [4.69, 9.17) is 9.47 Å². The third-order valence-electron chi connectivity index (χ3n) is 3.27. The van der Waals surface area contributed by atoms with Gasteiger partial charge < -0.3 is 24.9 Å². The van der Waals surface area contributed by atoms with E-state index in [2.05, 4.69) is 15.4 Å². The van der Waals surface area contributed by atoms with Crippen LogP contribution in [0.1, 0.15) is 18.5 Å². The number of aromatic nitrogens is 3. The molecule has 2 aromatic rings. The quantitative estimate of drug-likeness (QED) is 0.593. The van der Waals surface area contributed by atoms with E-state index < -0.39 is 10.9 Å². The monoisotopic (exact) mass is 335 g/mol. The van der Waals surface area contributed by atoms with Gasteiger partial charge in [-0.15, -0.1) is 0 Å². The smallest absolute Gasteiger partial charge is 0.490 e. The van der Waals surface area contributed by atoms with Gasteiger partial charge in [-0.3, -0.25) is 4.79 Å². The first-order valence-electron chi connectivity index (χ1n) is 6.99. The molecule has 2 rings (SSSR count). The summed E-state index contributed by atoms with van der Waals surface area (Å²) in [5.41, 5.74) is 0.745. The second-order valence-corrected chi connectivity index (χ2v) is 4.90. The summed E-state index contributed by atoms with van der Waals surface area (Å²) in [6.45, 7) is 1.61. The van der Waals surface area contributed by atoms with Gasteiger partial charge >= 0.3 is 5.95 Å². The van der Waals surface area contributed by atoms with Crippen LogP contribution in [0.5, 0.6) is 11.5 Å². The molecule has 1 atom stereocenters. The lowest BCUT2D eigenvalue weighted by Crippen LogP contribution is -2.30. The van der Waals surface area contributed by atoms with Crippen molar-refractivity contribution in [2.24, 2.45) is 0 Å². The van der Waals surface area contributed by atoms with E-state index in [1.54, 1.807) is 32.2 Å². The van der Waals surface area contributed by atoms with Crippen LogP contribution in [0.3, 0.4) is 0 Å². The van der Waals surface area contributed by atoms with Gasteiger partial charge in [-0.25, -0.2) is 0 Å². The van der Waals surface area contributed by atoms with E-state index in [9.17, 15) is 14.9 Å². The van der Waals surface area contributed by atoms with Gasteiger partial charge in [-0.1, -0.05) is 4.98 Å². The molecule has 0 saturated carbocycles. The van der Waals surface area contributed by atoms with Crippen LogP contribution in [0.25, 0.3) is 0 Å². The summed E-state index contributed by atoms with van der Waals surface area (Å²) >= 11 is 0. The number of ether oxygens (including phenoxy) is 2. The highest BCUT2D eigenvalue weighted by Crippen LogP contribution is 2.29. The van der Waals surface area contributed by atoms with Crippen molar-refractivity contribution in [2.45, 2.75) is 19.5 Å². The molecule has 0 radical (unpaired) electrons. The summed E-state index contributed by atoms with van der Waals surface area (Å²) in [6.07, 6.45) is 1.13. The molecule has 0 aliphatic heterocycles. The van der Waals surface area contributed by atoms with Crippen LogP contribution in [0.4, 0.5) is 5.95 Å². The number of benzene rings is 1. The SMILES string of the molecule is COc1ccc(OC)c([C@H](C)NC(=O)Cn2cnc([N+](=O)[O-])n2)c1. The van der Waals surface area contributed by atoms with Crippen LogP contribution in [-0.2, 0) is 11.3 Å². The van der Waals surface area contributed by atoms with E-state index in [1.165, 1.54) is 7.11 Å². The van der Waals surface area contributed by atoms with E-state index in [0.29, 0.717) is 11.5 Å². The molecule has 1 heterocycles. The molecular weight excluding hydrogens is 318 g/mol. The standard InChI is InChI=1S/C14H17N5O5/c1-9(11-6-10(23-2)4-5-12(11)24-3)16-13(20)7-18-8-15-14(17-18)19(21)22/h4-6,8-9H,7H2,1-3H3,(H,16,20)/t9-/m0/s1. The van der Waals surface area contributed by atoms with Crippen molar-refractivity contribution in [3.05, 3.63) is 40.2 Å². The largest absolute Gasteiger partial charge is 0.497 e. The first-order chi connectivity index (χ1) is 11.4. The molecule has 0 bridgehead atoms. The average molecular weight is 335 g/mol. The summed E-state index contributed by atoms with van der Waals surface area (Å²) in [5, 5.41) is 16.9. The third-order valence-corrected chi connectivity index (χ3v) is 3.27. The Morgan fingerprint density at radius 2 is 2.17 bits per heavy atom. The fraction of sp³-hybridized carbons (Fsp3) is 0.357. The van der Waals surface area contributed by atoms with Crippen molar-refractivity contribution in [3.8, 4) is 11.5 Å². The second-order valence-electron chi connectivity index (χ2n) is 4.90. The molecule has 0 saturated heterocycles. The van der Waals surface area contributed by atoms with E-state index in [-0.39, 0.29) is 18.5 Å². The highest BCUT2D eigenvalue weighted by molar-refractivity contribution is 5.76. The Hall–Kier alpha value is -3.17. The minimum atomic E-state index is -0.724. The van der Waals surface area contributed by atoms with Crippen molar-refractivity contribution in [2.75, 3.05) is 14.2 Å². The number of rotatable bonds is 7. The predicted molar refractivity (Wildman–Crippen MR) is 82.8 cm³/mol. The fourth-order valence-corrected chi connectivity index (χ4v) is 2.13. The maximum absolute atomic E-state index is 12.1. The maximum atomic E-state index is 12.1. The normalized spacial score (nSPS) is 11.6. The van der Waals surface area contributed by atoms with E-state index >= 15 is 0 Å². The Balaban J connectivity index is 2.06. The van der Waals surface area contributed by atoms with E-state index in [0.717, 1.165) is 16.6 Å². The molecule has 0 fully saturated rings. The summed E-state index contributed by atoms with van der Waals surface area (Å²) in [6, 6.07) is 4.91. The molecule has 1 amide bonds. The van der Waals surface area contributed by atoms with Gasteiger partial charge in [0.15, 0.2) is 0 Å². The molecule has 0 aliphatic carbocycles. The molecule has 128 valence electrons. The van der Waals surface area contributed by atoms with Gasteiger partial charge in [-0.2, -0.15) is 4.68 Å². The predicted octanol–water partition coefficient (Wildman–Crippen LogP) is 1.08. The minimum Gasteiger partial charge on any atom is -0.497 e.